The number of nitrogens with zero attached hydrogens (tertiary/aromatic N) is 2. The molecule has 1 atom stereocenters. The van der Waals surface area contributed by atoms with Crippen LogP contribution in [0.4, 0.5) is 11.4 Å². The Morgan fingerprint density at radius 2 is 2.38 bits per heavy atom. The van der Waals surface area contributed by atoms with Gasteiger partial charge >= 0.3 is 0 Å². The van der Waals surface area contributed by atoms with Crippen LogP contribution in [0.3, 0.4) is 0 Å². The maximum Gasteiger partial charge on any atom is 0.241 e. The number of nitrogen functional groups attached to an aromatic ring is 1. The number of likely N-dealkylation sites (N-methyl/N-ethyl adjacent to an activating group) is 1. The van der Waals surface area contributed by atoms with Crippen molar-refractivity contribution >= 4 is 17.3 Å². The standard InChI is InChI=1S/C15H19N5O/c1-17-15(21)9-20-8-12(7-18-20)19-14-5-2-10-6-11(16)3-4-13(10)14/h3-4,6-8,14,19H,2,5,9,16H2,1H3,(H,17,21). The highest BCUT2D eigenvalue weighted by atomic mass is 16.1. The molecule has 1 unspecified atom stereocenters. The number of carbonyl (C=O) groups excluding carboxylic acids is 1. The number of anilines is 2. The number of nitrogens with two attached hydrogens (primary N) is 1. The molecule has 0 saturated carbocycles. The molecule has 110 valence electrons. The lowest BCUT2D eigenvalue weighted by molar-refractivity contribution is -0.121. The fourth-order valence-corrected chi connectivity index (χ4v) is 2.74. The molecule has 1 aliphatic carbocycles. The number of benzene rings is 1. The minimum atomic E-state index is -0.0636. The summed E-state index contributed by atoms with van der Waals surface area (Å²) in [6, 6.07) is 6.35. The van der Waals surface area contributed by atoms with Crippen molar-refractivity contribution in [3.8, 4) is 0 Å². The fraction of sp³-hybridized carbons (Fsp3) is 0.333. The number of fused-ring (bicyclic) bond motifs is 1. The van der Waals surface area contributed by atoms with Crippen molar-refractivity contribution in [1.29, 1.82) is 0 Å². The zero-order valence-electron chi connectivity index (χ0n) is 12.0. The van der Waals surface area contributed by atoms with Crippen molar-refractivity contribution in [3.05, 3.63) is 41.7 Å². The average Bonchev–Trinajstić information content (AvgIpc) is 3.06. The number of carbonyl (C=O) groups is 1. The third-order valence-electron chi connectivity index (χ3n) is 3.80. The highest BCUT2D eigenvalue weighted by Crippen LogP contribution is 2.34. The Bertz CT molecular complexity index is 664. The van der Waals surface area contributed by atoms with Crippen molar-refractivity contribution in [2.75, 3.05) is 18.1 Å². The Balaban J connectivity index is 1.70. The van der Waals surface area contributed by atoms with E-state index in [2.05, 4.69) is 21.8 Å². The first-order valence-electron chi connectivity index (χ1n) is 7.03. The van der Waals surface area contributed by atoms with Gasteiger partial charge in [0.05, 0.1) is 17.9 Å². The number of hydrogen-bond donors (Lipinski definition) is 3. The van der Waals surface area contributed by atoms with Crippen LogP contribution in [-0.2, 0) is 17.8 Å². The summed E-state index contributed by atoms with van der Waals surface area (Å²) >= 11 is 0. The topological polar surface area (TPSA) is 85.0 Å². The number of aryl methyl sites for hydroxylation is 1. The van der Waals surface area contributed by atoms with Gasteiger partial charge < -0.3 is 16.4 Å². The van der Waals surface area contributed by atoms with Crippen LogP contribution in [0.25, 0.3) is 0 Å². The van der Waals surface area contributed by atoms with E-state index in [1.807, 2.05) is 18.3 Å². The number of hydrogen-bond acceptors (Lipinski definition) is 4. The van der Waals surface area contributed by atoms with Crippen LogP contribution in [-0.4, -0.2) is 22.7 Å². The molecule has 1 amide bonds. The second-order valence-electron chi connectivity index (χ2n) is 5.29. The Labute approximate surface area is 123 Å². The lowest BCUT2D eigenvalue weighted by Crippen LogP contribution is -2.23. The smallest absolute Gasteiger partial charge is 0.241 e. The summed E-state index contributed by atoms with van der Waals surface area (Å²) in [5.41, 5.74) is 10.2. The van der Waals surface area contributed by atoms with E-state index in [0.29, 0.717) is 0 Å². The van der Waals surface area contributed by atoms with E-state index in [1.54, 1.807) is 17.9 Å². The monoisotopic (exact) mass is 285 g/mol. The second-order valence-corrected chi connectivity index (χ2v) is 5.29. The summed E-state index contributed by atoms with van der Waals surface area (Å²) < 4.78 is 1.63. The van der Waals surface area contributed by atoms with Crippen LogP contribution >= 0.6 is 0 Å². The third-order valence-corrected chi connectivity index (χ3v) is 3.80. The van der Waals surface area contributed by atoms with Gasteiger partial charge in [0.2, 0.25) is 5.91 Å². The van der Waals surface area contributed by atoms with Gasteiger partial charge in [0, 0.05) is 18.9 Å². The van der Waals surface area contributed by atoms with Crippen LogP contribution in [0.1, 0.15) is 23.6 Å². The summed E-state index contributed by atoms with van der Waals surface area (Å²) in [4.78, 5) is 11.3. The molecule has 3 rings (SSSR count). The number of rotatable bonds is 4. The van der Waals surface area contributed by atoms with Crippen LogP contribution in [0.5, 0.6) is 0 Å². The molecule has 1 aromatic heterocycles. The Morgan fingerprint density at radius 1 is 1.52 bits per heavy atom. The van der Waals surface area contributed by atoms with Gasteiger partial charge in [-0.05, 0) is 36.1 Å². The van der Waals surface area contributed by atoms with E-state index >= 15 is 0 Å². The van der Waals surface area contributed by atoms with Crippen molar-refractivity contribution < 1.29 is 4.79 Å². The van der Waals surface area contributed by atoms with Crippen molar-refractivity contribution in [2.24, 2.45) is 0 Å². The molecular formula is C15H19N5O. The van der Waals surface area contributed by atoms with Gasteiger partial charge in [-0.3, -0.25) is 9.48 Å². The minimum Gasteiger partial charge on any atom is -0.399 e. The van der Waals surface area contributed by atoms with Crippen LogP contribution in [0.15, 0.2) is 30.6 Å². The quantitative estimate of drug-likeness (QED) is 0.739. The van der Waals surface area contributed by atoms with Crippen molar-refractivity contribution in [1.82, 2.24) is 15.1 Å². The predicted molar refractivity (Wildman–Crippen MR) is 81.8 cm³/mol. The number of aromatic nitrogens is 2. The molecule has 1 heterocycles. The lowest BCUT2D eigenvalue weighted by atomic mass is 10.1. The number of nitrogens with one attached hydrogen (secondary N) is 2. The lowest BCUT2D eigenvalue weighted by Gasteiger charge is -2.13. The van der Waals surface area contributed by atoms with Gasteiger partial charge in [0.1, 0.15) is 6.54 Å². The zero-order chi connectivity index (χ0) is 14.8. The normalized spacial score (nSPS) is 16.5. The first-order chi connectivity index (χ1) is 10.2. The molecular weight excluding hydrogens is 266 g/mol. The van der Waals surface area contributed by atoms with Crippen LogP contribution < -0.4 is 16.4 Å². The van der Waals surface area contributed by atoms with Crippen LogP contribution in [0, 0.1) is 0 Å². The zero-order valence-corrected chi connectivity index (χ0v) is 12.0. The SMILES string of the molecule is CNC(=O)Cn1cc(NC2CCc3cc(N)ccc32)cn1. The van der Waals surface area contributed by atoms with Gasteiger partial charge in [-0.25, -0.2) is 0 Å². The van der Waals surface area contributed by atoms with E-state index in [9.17, 15) is 4.79 Å². The largest absolute Gasteiger partial charge is 0.399 e. The summed E-state index contributed by atoms with van der Waals surface area (Å²) in [5, 5.41) is 10.2. The summed E-state index contributed by atoms with van der Waals surface area (Å²) in [7, 11) is 1.62. The highest BCUT2D eigenvalue weighted by Gasteiger charge is 2.22. The molecule has 0 saturated heterocycles. The fourth-order valence-electron chi connectivity index (χ4n) is 2.74. The molecule has 0 aliphatic heterocycles. The molecule has 0 bridgehead atoms. The van der Waals surface area contributed by atoms with E-state index in [4.69, 9.17) is 5.73 Å². The van der Waals surface area contributed by atoms with Gasteiger partial charge in [-0.2, -0.15) is 5.10 Å². The maximum atomic E-state index is 11.3. The predicted octanol–water partition coefficient (Wildman–Crippen LogP) is 1.31. The summed E-state index contributed by atoms with van der Waals surface area (Å²) in [5.74, 6) is -0.0636. The molecule has 1 aliphatic rings. The van der Waals surface area contributed by atoms with E-state index in [-0.39, 0.29) is 18.5 Å². The number of amides is 1. The molecule has 6 nitrogen and oxygen atoms in total. The van der Waals surface area contributed by atoms with E-state index < -0.39 is 0 Å². The van der Waals surface area contributed by atoms with Crippen molar-refractivity contribution in [3.63, 3.8) is 0 Å². The average molecular weight is 285 g/mol. The van der Waals surface area contributed by atoms with E-state index in [0.717, 1.165) is 24.2 Å². The van der Waals surface area contributed by atoms with Crippen molar-refractivity contribution in [2.45, 2.75) is 25.4 Å². The molecule has 0 radical (unpaired) electrons. The molecule has 1 aromatic carbocycles. The minimum absolute atomic E-state index is 0.0636. The molecule has 2 aromatic rings. The highest BCUT2D eigenvalue weighted by molar-refractivity contribution is 5.75. The summed E-state index contributed by atoms with van der Waals surface area (Å²) in [6.07, 6.45) is 5.67. The Hall–Kier alpha value is -2.50. The van der Waals surface area contributed by atoms with Crippen LogP contribution in [0.2, 0.25) is 0 Å². The molecule has 21 heavy (non-hydrogen) atoms. The molecule has 6 heteroatoms. The second kappa shape index (κ2) is 5.47. The molecule has 0 spiro atoms. The van der Waals surface area contributed by atoms with Gasteiger partial charge in [0.25, 0.3) is 0 Å². The Kier molecular flexibility index (Phi) is 3.51. The van der Waals surface area contributed by atoms with E-state index in [1.165, 1.54) is 11.1 Å². The van der Waals surface area contributed by atoms with Gasteiger partial charge in [-0.15, -0.1) is 0 Å². The maximum absolute atomic E-state index is 11.3. The summed E-state index contributed by atoms with van der Waals surface area (Å²) in [6.45, 7) is 0.232. The van der Waals surface area contributed by atoms with Gasteiger partial charge in [-0.1, -0.05) is 6.07 Å². The molecule has 0 fully saturated rings. The first-order valence-corrected chi connectivity index (χ1v) is 7.03. The van der Waals surface area contributed by atoms with Gasteiger partial charge in [0.15, 0.2) is 0 Å². The molecule has 4 N–H and O–H groups in total. The third kappa shape index (κ3) is 2.84. The first kappa shape index (κ1) is 13.5. The Morgan fingerprint density at radius 3 is 3.19 bits per heavy atom.